The van der Waals surface area contributed by atoms with Crippen LogP contribution in [0.1, 0.15) is 10.4 Å². The van der Waals surface area contributed by atoms with Crippen molar-refractivity contribution in [1.82, 2.24) is 0 Å². The second kappa shape index (κ2) is 3.98. The predicted octanol–water partition coefficient (Wildman–Crippen LogP) is 2.59. The van der Waals surface area contributed by atoms with Gasteiger partial charge in [0.25, 0.3) is 0 Å². The topological polar surface area (TPSA) is 46.5 Å². The van der Waals surface area contributed by atoms with Gasteiger partial charge >= 0.3 is 5.97 Å². The molecule has 5 heteroatoms. The van der Waals surface area contributed by atoms with E-state index in [0.717, 1.165) is 0 Å². The highest BCUT2D eigenvalue weighted by Crippen LogP contribution is 2.30. The first-order valence-corrected chi connectivity index (χ1v) is 4.49. The Morgan fingerprint density at radius 1 is 1.62 bits per heavy atom. The number of phenols is 1. The van der Waals surface area contributed by atoms with Crippen LogP contribution >= 0.6 is 27.5 Å². The molecular weight excluding hydrogens is 259 g/mol. The second-order valence-electron chi connectivity index (χ2n) is 2.28. The number of benzene rings is 1. The Morgan fingerprint density at radius 2 is 2.23 bits per heavy atom. The molecule has 0 amide bonds. The molecule has 1 aromatic carbocycles. The Bertz CT molecular complexity index is 351. The van der Waals surface area contributed by atoms with Crippen LogP contribution in [0.2, 0.25) is 5.02 Å². The van der Waals surface area contributed by atoms with E-state index in [1.54, 1.807) is 0 Å². The monoisotopic (exact) mass is 264 g/mol. The smallest absolute Gasteiger partial charge is 0.339 e. The molecule has 0 aliphatic carbocycles. The van der Waals surface area contributed by atoms with E-state index in [2.05, 4.69) is 20.7 Å². The molecule has 3 nitrogen and oxygen atoms in total. The summed E-state index contributed by atoms with van der Waals surface area (Å²) in [5, 5.41) is 9.36. The zero-order chi connectivity index (χ0) is 10.0. The number of hydrogen-bond acceptors (Lipinski definition) is 3. The molecule has 70 valence electrons. The van der Waals surface area contributed by atoms with Crippen LogP contribution in [0.5, 0.6) is 5.75 Å². The number of hydrogen-bond donors (Lipinski definition) is 1. The summed E-state index contributed by atoms with van der Waals surface area (Å²) in [6.45, 7) is 0. The molecule has 0 atom stereocenters. The van der Waals surface area contributed by atoms with Crippen LogP contribution < -0.4 is 0 Å². The van der Waals surface area contributed by atoms with Crippen molar-refractivity contribution >= 4 is 33.5 Å². The molecule has 0 fully saturated rings. The summed E-state index contributed by atoms with van der Waals surface area (Å²) in [7, 11) is 1.26. The van der Waals surface area contributed by atoms with E-state index in [1.807, 2.05) is 0 Å². The standard InChI is InChI=1S/C8H6BrClO3/c1-13-8(12)4-2-5(9)7(11)3-6(4)10/h2-3,11H,1H3. The molecule has 0 radical (unpaired) electrons. The van der Waals surface area contributed by atoms with E-state index in [4.69, 9.17) is 11.6 Å². The number of methoxy groups -OCH3 is 1. The average molecular weight is 265 g/mol. The number of halogens is 2. The molecule has 1 N–H and O–H groups in total. The Hall–Kier alpha value is -0.740. The molecule has 1 rings (SSSR count). The third-order valence-electron chi connectivity index (χ3n) is 1.44. The molecule has 0 heterocycles. The van der Waals surface area contributed by atoms with Crippen molar-refractivity contribution in [2.75, 3.05) is 7.11 Å². The quantitative estimate of drug-likeness (QED) is 0.794. The van der Waals surface area contributed by atoms with Crippen molar-refractivity contribution in [3.8, 4) is 5.75 Å². The molecule has 13 heavy (non-hydrogen) atoms. The van der Waals surface area contributed by atoms with Crippen molar-refractivity contribution in [1.29, 1.82) is 0 Å². The lowest BCUT2D eigenvalue weighted by Gasteiger charge is -2.03. The third-order valence-corrected chi connectivity index (χ3v) is 2.39. The molecule has 0 bridgehead atoms. The third kappa shape index (κ3) is 2.14. The fraction of sp³-hybridized carbons (Fsp3) is 0.125. The minimum Gasteiger partial charge on any atom is -0.507 e. The molecule has 0 unspecified atom stereocenters. The summed E-state index contributed by atoms with van der Waals surface area (Å²) in [5.74, 6) is -0.552. The van der Waals surface area contributed by atoms with Gasteiger partial charge in [0.2, 0.25) is 0 Å². The van der Waals surface area contributed by atoms with E-state index in [9.17, 15) is 9.90 Å². The number of ether oxygens (including phenoxy) is 1. The van der Waals surface area contributed by atoms with E-state index >= 15 is 0 Å². The van der Waals surface area contributed by atoms with Crippen molar-refractivity contribution in [3.63, 3.8) is 0 Å². The molecule has 0 aliphatic heterocycles. The van der Waals surface area contributed by atoms with E-state index in [-0.39, 0.29) is 16.3 Å². The minimum absolute atomic E-state index is 0.0161. The second-order valence-corrected chi connectivity index (χ2v) is 3.54. The predicted molar refractivity (Wildman–Crippen MR) is 52.2 cm³/mol. The minimum atomic E-state index is -0.536. The van der Waals surface area contributed by atoms with E-state index in [0.29, 0.717) is 4.47 Å². The molecule has 0 saturated carbocycles. The Kier molecular flexibility index (Phi) is 3.17. The van der Waals surface area contributed by atoms with Crippen LogP contribution in [0.4, 0.5) is 0 Å². The van der Waals surface area contributed by atoms with Gasteiger partial charge in [-0.1, -0.05) is 11.6 Å². The maximum Gasteiger partial charge on any atom is 0.339 e. The number of aromatic hydroxyl groups is 1. The van der Waals surface area contributed by atoms with Crippen LogP contribution in [0.3, 0.4) is 0 Å². The highest BCUT2D eigenvalue weighted by molar-refractivity contribution is 9.10. The van der Waals surface area contributed by atoms with Gasteiger partial charge in [-0.2, -0.15) is 0 Å². The first-order chi connectivity index (χ1) is 6.06. The molecule has 0 aromatic heterocycles. The molecular formula is C8H6BrClO3. The summed E-state index contributed by atoms with van der Waals surface area (Å²) in [4.78, 5) is 11.1. The first kappa shape index (κ1) is 10.3. The summed E-state index contributed by atoms with van der Waals surface area (Å²) in [6.07, 6.45) is 0. The first-order valence-electron chi connectivity index (χ1n) is 3.32. The van der Waals surface area contributed by atoms with Gasteiger partial charge in [0.1, 0.15) is 5.75 Å². The highest BCUT2D eigenvalue weighted by Gasteiger charge is 2.13. The summed E-state index contributed by atoms with van der Waals surface area (Å²) in [5.41, 5.74) is 0.217. The van der Waals surface area contributed by atoms with Crippen molar-refractivity contribution in [2.24, 2.45) is 0 Å². The zero-order valence-electron chi connectivity index (χ0n) is 6.67. The van der Waals surface area contributed by atoms with Gasteiger partial charge < -0.3 is 9.84 Å². The molecule has 0 aliphatic rings. The van der Waals surface area contributed by atoms with Crippen molar-refractivity contribution in [3.05, 3.63) is 27.2 Å². The number of carbonyl (C=O) groups is 1. The van der Waals surface area contributed by atoms with Gasteiger partial charge in [0.05, 0.1) is 22.2 Å². The summed E-state index contributed by atoms with van der Waals surface area (Å²) < 4.78 is 4.89. The largest absolute Gasteiger partial charge is 0.507 e. The lowest BCUT2D eigenvalue weighted by molar-refractivity contribution is 0.0601. The lowest BCUT2D eigenvalue weighted by atomic mass is 10.2. The van der Waals surface area contributed by atoms with Crippen LogP contribution in [0, 0.1) is 0 Å². The van der Waals surface area contributed by atoms with Crippen LogP contribution in [0.25, 0.3) is 0 Å². The Balaban J connectivity index is 3.23. The number of esters is 1. The van der Waals surface area contributed by atoms with Gasteiger partial charge in [-0.05, 0) is 22.0 Å². The number of carbonyl (C=O) groups excluding carboxylic acids is 1. The average Bonchev–Trinajstić information content (AvgIpc) is 2.10. The number of rotatable bonds is 1. The summed E-state index contributed by atoms with van der Waals surface area (Å²) in [6, 6.07) is 2.68. The molecule has 0 spiro atoms. The van der Waals surface area contributed by atoms with Gasteiger partial charge in [-0.25, -0.2) is 4.79 Å². The number of phenolic OH excluding ortho intramolecular Hbond substituents is 1. The summed E-state index contributed by atoms with van der Waals surface area (Å²) >= 11 is 8.75. The zero-order valence-corrected chi connectivity index (χ0v) is 9.02. The Morgan fingerprint density at radius 3 is 2.77 bits per heavy atom. The van der Waals surface area contributed by atoms with Gasteiger partial charge in [0.15, 0.2) is 0 Å². The van der Waals surface area contributed by atoms with E-state index < -0.39 is 5.97 Å². The SMILES string of the molecule is COC(=O)c1cc(Br)c(O)cc1Cl. The van der Waals surface area contributed by atoms with Gasteiger partial charge in [-0.3, -0.25) is 0 Å². The lowest BCUT2D eigenvalue weighted by Crippen LogP contribution is -2.01. The van der Waals surface area contributed by atoms with Gasteiger partial charge in [-0.15, -0.1) is 0 Å². The normalized spacial score (nSPS) is 9.77. The van der Waals surface area contributed by atoms with Crippen LogP contribution in [-0.4, -0.2) is 18.2 Å². The molecule has 0 saturated heterocycles. The maximum absolute atomic E-state index is 11.1. The van der Waals surface area contributed by atoms with Gasteiger partial charge in [0, 0.05) is 6.07 Å². The fourth-order valence-electron chi connectivity index (χ4n) is 0.803. The fourth-order valence-corrected chi connectivity index (χ4v) is 1.38. The Labute approximate surface area is 88.4 Å². The van der Waals surface area contributed by atoms with Crippen molar-refractivity contribution in [2.45, 2.75) is 0 Å². The van der Waals surface area contributed by atoms with Crippen molar-refractivity contribution < 1.29 is 14.6 Å². The maximum atomic E-state index is 11.1. The van der Waals surface area contributed by atoms with E-state index in [1.165, 1.54) is 19.2 Å². The highest BCUT2D eigenvalue weighted by atomic mass is 79.9. The molecule has 1 aromatic rings. The van der Waals surface area contributed by atoms with Crippen LogP contribution in [-0.2, 0) is 4.74 Å². The van der Waals surface area contributed by atoms with Crippen LogP contribution in [0.15, 0.2) is 16.6 Å².